The first-order valence-electron chi connectivity index (χ1n) is 9.14. The topological polar surface area (TPSA) is 56.1 Å². The molecule has 0 aliphatic carbocycles. The van der Waals surface area contributed by atoms with Crippen LogP contribution in [-0.2, 0) is 7.05 Å². The van der Waals surface area contributed by atoms with E-state index < -0.39 is 0 Å². The summed E-state index contributed by atoms with van der Waals surface area (Å²) in [7, 11) is 3.59. The number of piperidine rings is 1. The Hall–Kier alpha value is -2.63. The van der Waals surface area contributed by atoms with Crippen LogP contribution >= 0.6 is 0 Å². The molecule has 0 radical (unpaired) electrons. The molecule has 0 bridgehead atoms. The monoisotopic (exact) mass is 351 g/mol. The van der Waals surface area contributed by atoms with Crippen molar-refractivity contribution in [1.29, 1.82) is 0 Å². The summed E-state index contributed by atoms with van der Waals surface area (Å²) in [6.07, 6.45) is 4.91. The van der Waals surface area contributed by atoms with Crippen molar-refractivity contribution in [3.63, 3.8) is 0 Å². The highest BCUT2D eigenvalue weighted by atomic mass is 16.5. The van der Waals surface area contributed by atoms with Gasteiger partial charge in [0.2, 0.25) is 5.88 Å². The Kier molecular flexibility index (Phi) is 4.26. The molecule has 4 heterocycles. The molecule has 1 fully saturated rings. The molecule has 4 rings (SSSR count). The molecule has 0 aromatic carbocycles. The number of rotatable bonds is 3. The minimum absolute atomic E-state index is 0.601. The largest absolute Gasteiger partial charge is 0.480 e. The third kappa shape index (κ3) is 2.89. The number of aromatic nitrogens is 4. The summed E-state index contributed by atoms with van der Waals surface area (Å²) < 4.78 is 7.36. The van der Waals surface area contributed by atoms with Crippen molar-refractivity contribution in [3.8, 4) is 17.1 Å². The minimum Gasteiger partial charge on any atom is -0.480 e. The second-order valence-corrected chi connectivity index (χ2v) is 7.44. The van der Waals surface area contributed by atoms with Crippen LogP contribution in [-0.4, -0.2) is 39.9 Å². The summed E-state index contributed by atoms with van der Waals surface area (Å²) in [5, 5.41) is 5.67. The van der Waals surface area contributed by atoms with Gasteiger partial charge in [0, 0.05) is 38.1 Å². The average molecular weight is 351 g/mol. The van der Waals surface area contributed by atoms with Gasteiger partial charge in [-0.1, -0.05) is 13.8 Å². The third-order valence-electron chi connectivity index (χ3n) is 5.13. The SMILES string of the molecule is COc1nccc2c1c(-c1ccnc(N3CC(C)CC(C)C3)c1)nn2C. The molecule has 1 saturated heterocycles. The zero-order valence-corrected chi connectivity index (χ0v) is 15.8. The summed E-state index contributed by atoms with van der Waals surface area (Å²) in [5.41, 5.74) is 2.93. The van der Waals surface area contributed by atoms with Gasteiger partial charge in [0.15, 0.2) is 0 Å². The van der Waals surface area contributed by atoms with E-state index in [1.807, 2.05) is 30.1 Å². The molecule has 0 saturated carbocycles. The maximum atomic E-state index is 5.49. The summed E-state index contributed by atoms with van der Waals surface area (Å²) in [4.78, 5) is 11.4. The molecule has 0 N–H and O–H groups in total. The Bertz CT molecular complexity index is 925. The molecular formula is C20H25N5O. The van der Waals surface area contributed by atoms with Crippen LogP contribution in [0.15, 0.2) is 30.6 Å². The number of aryl methyl sites for hydroxylation is 1. The van der Waals surface area contributed by atoms with Crippen LogP contribution in [0.1, 0.15) is 20.3 Å². The Morgan fingerprint density at radius 1 is 1.08 bits per heavy atom. The van der Waals surface area contributed by atoms with Crippen LogP contribution in [0.4, 0.5) is 5.82 Å². The second-order valence-electron chi connectivity index (χ2n) is 7.44. The van der Waals surface area contributed by atoms with Gasteiger partial charge < -0.3 is 9.64 Å². The predicted molar refractivity (Wildman–Crippen MR) is 103 cm³/mol. The summed E-state index contributed by atoms with van der Waals surface area (Å²) >= 11 is 0. The number of fused-ring (bicyclic) bond motifs is 1. The average Bonchev–Trinajstić information content (AvgIpc) is 2.98. The van der Waals surface area contributed by atoms with Crippen molar-refractivity contribution in [2.45, 2.75) is 20.3 Å². The quantitative estimate of drug-likeness (QED) is 0.723. The minimum atomic E-state index is 0.601. The highest BCUT2D eigenvalue weighted by Crippen LogP contribution is 2.34. The van der Waals surface area contributed by atoms with Crippen LogP contribution in [0.3, 0.4) is 0 Å². The van der Waals surface area contributed by atoms with E-state index >= 15 is 0 Å². The molecule has 6 heteroatoms. The molecule has 3 aromatic rings. The van der Waals surface area contributed by atoms with Crippen molar-refractivity contribution in [2.75, 3.05) is 25.1 Å². The second kappa shape index (κ2) is 6.59. The Labute approximate surface area is 153 Å². The zero-order valence-electron chi connectivity index (χ0n) is 15.8. The first-order chi connectivity index (χ1) is 12.6. The van der Waals surface area contributed by atoms with Gasteiger partial charge in [-0.3, -0.25) is 4.68 Å². The lowest BCUT2D eigenvalue weighted by Crippen LogP contribution is -2.39. The molecule has 0 amide bonds. The number of hydrogen-bond acceptors (Lipinski definition) is 5. The molecule has 136 valence electrons. The third-order valence-corrected chi connectivity index (χ3v) is 5.13. The predicted octanol–water partition coefficient (Wildman–Crippen LogP) is 3.52. The summed E-state index contributed by atoms with van der Waals surface area (Å²) in [5.74, 6) is 2.99. The zero-order chi connectivity index (χ0) is 18.3. The van der Waals surface area contributed by atoms with Crippen molar-refractivity contribution in [1.82, 2.24) is 19.7 Å². The fourth-order valence-electron chi connectivity index (χ4n) is 4.12. The van der Waals surface area contributed by atoms with Gasteiger partial charge in [-0.2, -0.15) is 5.10 Å². The molecule has 1 aliphatic heterocycles. The fraction of sp³-hybridized carbons (Fsp3) is 0.450. The first-order valence-corrected chi connectivity index (χ1v) is 9.14. The van der Waals surface area contributed by atoms with Gasteiger partial charge in [0.25, 0.3) is 0 Å². The molecule has 6 nitrogen and oxygen atoms in total. The Morgan fingerprint density at radius 3 is 2.54 bits per heavy atom. The molecule has 26 heavy (non-hydrogen) atoms. The van der Waals surface area contributed by atoms with Gasteiger partial charge in [0.1, 0.15) is 11.5 Å². The van der Waals surface area contributed by atoms with Gasteiger partial charge in [-0.05, 0) is 36.5 Å². The van der Waals surface area contributed by atoms with Crippen LogP contribution in [0, 0.1) is 11.8 Å². The van der Waals surface area contributed by atoms with Crippen LogP contribution < -0.4 is 9.64 Å². The van der Waals surface area contributed by atoms with Gasteiger partial charge in [-0.15, -0.1) is 0 Å². The number of ether oxygens (including phenoxy) is 1. The van der Waals surface area contributed by atoms with Crippen molar-refractivity contribution in [3.05, 3.63) is 30.6 Å². The van der Waals surface area contributed by atoms with E-state index in [0.717, 1.165) is 41.1 Å². The Morgan fingerprint density at radius 2 is 1.81 bits per heavy atom. The Balaban J connectivity index is 1.79. The number of pyridine rings is 2. The summed E-state index contributed by atoms with van der Waals surface area (Å²) in [6, 6.07) is 6.11. The normalized spacial score (nSPS) is 20.5. The number of nitrogens with zero attached hydrogens (tertiary/aromatic N) is 5. The molecule has 2 unspecified atom stereocenters. The highest BCUT2D eigenvalue weighted by molar-refractivity contribution is 5.97. The van der Waals surface area contributed by atoms with Crippen LogP contribution in [0.25, 0.3) is 22.2 Å². The van der Waals surface area contributed by atoms with Gasteiger partial charge in [0.05, 0.1) is 18.0 Å². The van der Waals surface area contributed by atoms with Crippen LogP contribution in [0.5, 0.6) is 5.88 Å². The lowest BCUT2D eigenvalue weighted by molar-refractivity contribution is 0.355. The van der Waals surface area contributed by atoms with Crippen molar-refractivity contribution in [2.24, 2.45) is 18.9 Å². The van der Waals surface area contributed by atoms with E-state index in [-0.39, 0.29) is 0 Å². The number of methoxy groups -OCH3 is 1. The maximum Gasteiger partial charge on any atom is 0.224 e. The number of anilines is 1. The number of hydrogen-bond donors (Lipinski definition) is 0. The molecular weight excluding hydrogens is 326 g/mol. The van der Waals surface area contributed by atoms with E-state index in [2.05, 4.69) is 34.8 Å². The van der Waals surface area contributed by atoms with E-state index in [1.165, 1.54) is 6.42 Å². The van der Waals surface area contributed by atoms with Crippen molar-refractivity contribution < 1.29 is 4.74 Å². The fourth-order valence-corrected chi connectivity index (χ4v) is 4.12. The summed E-state index contributed by atoms with van der Waals surface area (Å²) in [6.45, 7) is 6.73. The smallest absolute Gasteiger partial charge is 0.224 e. The highest BCUT2D eigenvalue weighted by Gasteiger charge is 2.23. The standard InChI is InChI=1S/C20H25N5O/c1-13-9-14(2)12-25(11-13)17-10-15(5-7-21-17)19-18-16(24(3)23-19)6-8-22-20(18)26-4/h5-8,10,13-14H,9,11-12H2,1-4H3. The lowest BCUT2D eigenvalue weighted by atomic mass is 9.92. The van der Waals surface area contributed by atoms with E-state index in [0.29, 0.717) is 17.7 Å². The molecule has 1 aliphatic rings. The van der Waals surface area contributed by atoms with Crippen LogP contribution in [0.2, 0.25) is 0 Å². The molecule has 2 atom stereocenters. The molecule has 0 spiro atoms. The van der Waals surface area contributed by atoms with Crippen molar-refractivity contribution >= 4 is 16.7 Å². The van der Waals surface area contributed by atoms with E-state index in [4.69, 9.17) is 9.84 Å². The van der Waals surface area contributed by atoms with Gasteiger partial charge >= 0.3 is 0 Å². The van der Waals surface area contributed by atoms with E-state index in [9.17, 15) is 0 Å². The lowest BCUT2D eigenvalue weighted by Gasteiger charge is -2.35. The van der Waals surface area contributed by atoms with E-state index in [1.54, 1.807) is 13.3 Å². The van der Waals surface area contributed by atoms with Gasteiger partial charge in [-0.25, -0.2) is 9.97 Å². The molecule has 3 aromatic heterocycles. The first kappa shape index (κ1) is 16.8. The maximum absolute atomic E-state index is 5.49.